The van der Waals surface area contributed by atoms with Crippen molar-refractivity contribution in [2.45, 2.75) is 49.3 Å². The maximum absolute atomic E-state index is 13.7. The van der Waals surface area contributed by atoms with Crippen molar-refractivity contribution in [3.63, 3.8) is 0 Å². The van der Waals surface area contributed by atoms with Crippen LogP contribution in [0, 0.1) is 11.2 Å². The van der Waals surface area contributed by atoms with E-state index in [4.69, 9.17) is 9.84 Å². The van der Waals surface area contributed by atoms with Crippen molar-refractivity contribution in [1.29, 1.82) is 0 Å². The van der Waals surface area contributed by atoms with Gasteiger partial charge in [-0.25, -0.2) is 17.6 Å². The molecule has 0 spiro atoms. The van der Waals surface area contributed by atoms with E-state index in [1.54, 1.807) is 24.5 Å². The molecule has 35 heavy (non-hydrogen) atoms. The predicted octanol–water partition coefficient (Wildman–Crippen LogP) is 6.33. The van der Waals surface area contributed by atoms with Crippen LogP contribution in [0.25, 0.3) is 0 Å². The van der Waals surface area contributed by atoms with Crippen molar-refractivity contribution in [3.8, 4) is 5.75 Å². The summed E-state index contributed by atoms with van der Waals surface area (Å²) in [5.41, 5.74) is 0.525. The standard InChI is InChI=1S/C25H29F2NO5S2/c1-4-6-11-25(5-2)15-28(18-9-7-17(26)8-10-18)20-12-22(34-3)21(33-14-19(27)24(29)30)13-23(20)35(31,32)16-25/h7-10,12-14H,4-6,11,15-16H2,1-3H3,(H,29,30)/b19-14-/t25-/m0/s1. The van der Waals surface area contributed by atoms with Gasteiger partial charge in [-0.2, -0.15) is 4.39 Å². The Bertz CT molecular complexity index is 1220. The van der Waals surface area contributed by atoms with Gasteiger partial charge in [0.2, 0.25) is 5.83 Å². The van der Waals surface area contributed by atoms with Crippen molar-refractivity contribution in [2.75, 3.05) is 23.5 Å². The first kappa shape index (κ1) is 27.0. The summed E-state index contributed by atoms with van der Waals surface area (Å²) in [5.74, 6) is -3.74. The molecule has 1 atom stereocenters. The number of ether oxygens (including phenoxy) is 1. The number of benzene rings is 2. The molecule has 1 aliphatic rings. The van der Waals surface area contributed by atoms with E-state index in [2.05, 4.69) is 6.92 Å². The molecule has 6 nitrogen and oxygen atoms in total. The molecule has 3 rings (SSSR count). The van der Waals surface area contributed by atoms with E-state index >= 15 is 0 Å². The van der Waals surface area contributed by atoms with Gasteiger partial charge in [-0.1, -0.05) is 26.7 Å². The average molecular weight is 526 g/mol. The first-order valence-corrected chi connectivity index (χ1v) is 14.2. The third-order valence-corrected chi connectivity index (χ3v) is 9.05. The summed E-state index contributed by atoms with van der Waals surface area (Å²) in [6.07, 6.45) is 5.31. The van der Waals surface area contributed by atoms with Crippen molar-refractivity contribution < 1.29 is 31.8 Å². The molecule has 10 heteroatoms. The Morgan fingerprint density at radius 2 is 1.94 bits per heavy atom. The Morgan fingerprint density at radius 3 is 2.51 bits per heavy atom. The second kappa shape index (κ2) is 11.0. The second-order valence-electron chi connectivity index (χ2n) is 8.64. The molecular formula is C25H29F2NO5S2. The summed E-state index contributed by atoms with van der Waals surface area (Å²) in [5, 5.41) is 8.78. The number of halogens is 2. The van der Waals surface area contributed by atoms with Gasteiger partial charge in [0.05, 0.1) is 21.2 Å². The molecule has 1 aliphatic heterocycles. The zero-order valence-corrected chi connectivity index (χ0v) is 21.5. The maximum Gasteiger partial charge on any atom is 0.368 e. The molecule has 2 aromatic carbocycles. The number of thioether (sulfide) groups is 1. The molecule has 190 valence electrons. The van der Waals surface area contributed by atoms with E-state index in [-0.39, 0.29) is 16.4 Å². The third-order valence-electron chi connectivity index (χ3n) is 6.30. The molecular weight excluding hydrogens is 496 g/mol. The highest BCUT2D eigenvalue weighted by atomic mass is 32.2. The van der Waals surface area contributed by atoms with Crippen LogP contribution in [-0.2, 0) is 14.6 Å². The summed E-state index contributed by atoms with van der Waals surface area (Å²) < 4.78 is 60.0. The van der Waals surface area contributed by atoms with Crippen LogP contribution < -0.4 is 9.64 Å². The van der Waals surface area contributed by atoms with Crippen LogP contribution in [0.3, 0.4) is 0 Å². The molecule has 1 heterocycles. The number of carboxylic acid groups (broad SMARTS) is 1. The van der Waals surface area contributed by atoms with Crippen molar-refractivity contribution in [3.05, 3.63) is 54.3 Å². The van der Waals surface area contributed by atoms with Gasteiger partial charge >= 0.3 is 5.97 Å². The average Bonchev–Trinajstić information content (AvgIpc) is 2.93. The number of hydrogen-bond acceptors (Lipinski definition) is 6. The number of nitrogens with zero attached hydrogens (tertiary/aromatic N) is 1. The van der Waals surface area contributed by atoms with Crippen LogP contribution in [0.5, 0.6) is 5.75 Å². The van der Waals surface area contributed by atoms with E-state index in [0.29, 0.717) is 41.9 Å². The molecule has 0 amide bonds. The van der Waals surface area contributed by atoms with Gasteiger partial charge in [-0.3, -0.25) is 0 Å². The van der Waals surface area contributed by atoms with Crippen LogP contribution in [0.4, 0.5) is 20.2 Å². The topological polar surface area (TPSA) is 83.9 Å². The molecule has 0 saturated carbocycles. The number of sulfone groups is 1. The summed E-state index contributed by atoms with van der Waals surface area (Å²) in [7, 11) is -3.82. The number of carbonyl (C=O) groups is 1. The Morgan fingerprint density at radius 1 is 1.26 bits per heavy atom. The number of rotatable bonds is 9. The van der Waals surface area contributed by atoms with Crippen LogP contribution in [0.15, 0.2) is 58.3 Å². The van der Waals surface area contributed by atoms with Gasteiger partial charge < -0.3 is 14.7 Å². The Balaban J connectivity index is 2.25. The van der Waals surface area contributed by atoms with E-state index in [0.717, 1.165) is 12.8 Å². The van der Waals surface area contributed by atoms with E-state index in [9.17, 15) is 22.0 Å². The lowest BCUT2D eigenvalue weighted by atomic mass is 9.81. The van der Waals surface area contributed by atoms with Gasteiger partial charge in [0.15, 0.2) is 9.84 Å². The van der Waals surface area contributed by atoms with E-state index in [1.165, 1.54) is 30.0 Å². The van der Waals surface area contributed by atoms with Crippen LogP contribution >= 0.6 is 11.8 Å². The fraction of sp³-hybridized carbons (Fsp3) is 0.400. The van der Waals surface area contributed by atoms with Crippen LogP contribution in [0.1, 0.15) is 39.5 Å². The van der Waals surface area contributed by atoms with Gasteiger partial charge in [-0.15, -0.1) is 11.8 Å². The predicted molar refractivity (Wildman–Crippen MR) is 133 cm³/mol. The molecule has 0 bridgehead atoms. The number of aliphatic carboxylic acids is 1. The smallest absolute Gasteiger partial charge is 0.368 e. The van der Waals surface area contributed by atoms with Gasteiger partial charge in [-0.05, 0) is 49.4 Å². The lowest BCUT2D eigenvalue weighted by Gasteiger charge is -2.36. The highest BCUT2D eigenvalue weighted by molar-refractivity contribution is 7.98. The summed E-state index contributed by atoms with van der Waals surface area (Å²) >= 11 is 1.25. The van der Waals surface area contributed by atoms with Crippen LogP contribution in [0.2, 0.25) is 0 Å². The fourth-order valence-corrected chi connectivity index (χ4v) is 7.01. The summed E-state index contributed by atoms with van der Waals surface area (Å²) in [6, 6.07) is 8.87. The van der Waals surface area contributed by atoms with Crippen molar-refractivity contribution in [1.82, 2.24) is 0 Å². The van der Waals surface area contributed by atoms with E-state index < -0.39 is 32.9 Å². The molecule has 0 radical (unpaired) electrons. The number of anilines is 2. The third kappa shape index (κ3) is 5.98. The lowest BCUT2D eigenvalue weighted by molar-refractivity contribution is -0.134. The first-order valence-electron chi connectivity index (χ1n) is 11.3. The highest BCUT2D eigenvalue weighted by Crippen LogP contribution is 2.47. The minimum atomic E-state index is -3.82. The zero-order chi connectivity index (χ0) is 25.8. The summed E-state index contributed by atoms with van der Waals surface area (Å²) in [4.78, 5) is 13.2. The van der Waals surface area contributed by atoms with E-state index in [1.807, 2.05) is 11.8 Å². The molecule has 0 aliphatic carbocycles. The first-order chi connectivity index (χ1) is 16.6. The second-order valence-corrected chi connectivity index (χ2v) is 11.4. The van der Waals surface area contributed by atoms with Crippen molar-refractivity contribution >= 4 is 38.9 Å². The number of fused-ring (bicyclic) bond motifs is 1. The molecule has 0 fully saturated rings. The Hall–Kier alpha value is -2.59. The molecule has 1 N–H and O–H groups in total. The zero-order valence-electron chi connectivity index (χ0n) is 19.9. The molecule has 0 unspecified atom stereocenters. The van der Waals surface area contributed by atoms with Crippen molar-refractivity contribution in [2.24, 2.45) is 5.41 Å². The van der Waals surface area contributed by atoms with Gasteiger partial charge in [0.1, 0.15) is 17.8 Å². The largest absolute Gasteiger partial charge is 0.476 e. The minimum Gasteiger partial charge on any atom is -0.476 e. The van der Waals surface area contributed by atoms with Gasteiger partial charge in [0.25, 0.3) is 0 Å². The molecule has 0 aromatic heterocycles. The Kier molecular flexibility index (Phi) is 8.48. The minimum absolute atomic E-state index is 0.00517. The Labute approximate surface area is 208 Å². The molecule has 2 aromatic rings. The SMILES string of the molecule is CCCC[C@@]1(CC)CN(c2ccc(F)cc2)c2cc(SC)c(O/C=C(\F)C(=O)O)cc2S(=O)(=O)C1. The quantitative estimate of drug-likeness (QED) is 0.233. The highest BCUT2D eigenvalue weighted by Gasteiger charge is 2.42. The normalized spacial score (nSPS) is 19.7. The maximum atomic E-state index is 13.7. The number of hydrogen-bond donors (Lipinski definition) is 1. The van der Waals surface area contributed by atoms with Gasteiger partial charge in [0, 0.05) is 23.7 Å². The number of unbranched alkanes of at least 4 members (excludes halogenated alkanes) is 1. The number of carboxylic acids is 1. The molecule has 0 saturated heterocycles. The van der Waals surface area contributed by atoms with Crippen LogP contribution in [-0.4, -0.2) is 38.0 Å². The lowest BCUT2D eigenvalue weighted by Crippen LogP contribution is -2.37. The monoisotopic (exact) mass is 525 g/mol. The summed E-state index contributed by atoms with van der Waals surface area (Å²) in [6.45, 7) is 4.45. The fourth-order valence-electron chi connectivity index (χ4n) is 4.30.